The van der Waals surface area contributed by atoms with Crippen LogP contribution in [0.2, 0.25) is 0 Å². The number of benzene rings is 1. The number of hydrogen-bond acceptors (Lipinski definition) is 4. The van der Waals surface area contributed by atoms with Crippen molar-refractivity contribution in [2.24, 2.45) is 5.92 Å². The minimum absolute atomic E-state index is 0.0797. The van der Waals surface area contributed by atoms with Crippen LogP contribution >= 0.6 is 0 Å². The second-order valence-corrected chi connectivity index (χ2v) is 7.34. The van der Waals surface area contributed by atoms with Crippen molar-refractivity contribution in [2.75, 3.05) is 25.5 Å². The number of nitrogens with one attached hydrogen (secondary N) is 1. The number of aromatic nitrogens is 1. The van der Waals surface area contributed by atoms with Gasteiger partial charge in [-0.05, 0) is 80.1 Å². The zero-order valence-corrected chi connectivity index (χ0v) is 16.3. The van der Waals surface area contributed by atoms with Crippen molar-refractivity contribution in [3.63, 3.8) is 0 Å². The summed E-state index contributed by atoms with van der Waals surface area (Å²) in [6.07, 6.45) is 6.51. The largest absolute Gasteiger partial charge is 0.497 e. The number of piperidine rings is 1. The molecule has 0 radical (unpaired) electrons. The number of likely N-dealkylation sites (tertiary alicyclic amines) is 1. The summed E-state index contributed by atoms with van der Waals surface area (Å²) in [4.78, 5) is 17.9. The van der Waals surface area contributed by atoms with Crippen molar-refractivity contribution in [1.29, 1.82) is 0 Å². The van der Waals surface area contributed by atoms with Crippen LogP contribution in [-0.4, -0.2) is 36.0 Å². The topological polar surface area (TPSA) is 54.5 Å². The number of carbonyl (C=O) groups excluding carboxylic acids is 1. The van der Waals surface area contributed by atoms with E-state index in [2.05, 4.69) is 27.3 Å². The van der Waals surface area contributed by atoms with Crippen LogP contribution in [0.4, 0.5) is 5.82 Å². The monoisotopic (exact) mass is 367 g/mol. The van der Waals surface area contributed by atoms with Crippen molar-refractivity contribution in [1.82, 2.24) is 9.88 Å². The lowest BCUT2D eigenvalue weighted by Gasteiger charge is -2.32. The highest BCUT2D eigenvalue weighted by Crippen LogP contribution is 2.24. The Morgan fingerprint density at radius 3 is 2.59 bits per heavy atom. The van der Waals surface area contributed by atoms with E-state index in [1.54, 1.807) is 13.3 Å². The van der Waals surface area contributed by atoms with Crippen molar-refractivity contribution < 1.29 is 9.53 Å². The molecular weight excluding hydrogens is 338 g/mol. The first-order chi connectivity index (χ1) is 13.1. The lowest BCUT2D eigenvalue weighted by Crippen LogP contribution is -2.33. The third kappa shape index (κ3) is 6.07. The van der Waals surface area contributed by atoms with Gasteiger partial charge in [-0.3, -0.25) is 9.69 Å². The van der Waals surface area contributed by atoms with Gasteiger partial charge < -0.3 is 10.1 Å². The van der Waals surface area contributed by atoms with E-state index in [9.17, 15) is 4.79 Å². The summed E-state index contributed by atoms with van der Waals surface area (Å²) in [7, 11) is 1.70. The van der Waals surface area contributed by atoms with E-state index in [1.165, 1.54) is 37.3 Å². The molecular formula is C22H29N3O2. The number of anilines is 1. The number of aryl methyl sites for hydroxylation is 1. The molecule has 1 fully saturated rings. The summed E-state index contributed by atoms with van der Waals surface area (Å²) >= 11 is 0. The molecule has 5 heteroatoms. The molecule has 1 aromatic heterocycles. The maximum Gasteiger partial charge on any atom is 0.222 e. The van der Waals surface area contributed by atoms with E-state index < -0.39 is 0 Å². The molecule has 27 heavy (non-hydrogen) atoms. The van der Waals surface area contributed by atoms with Gasteiger partial charge in [0.2, 0.25) is 5.91 Å². The second kappa shape index (κ2) is 9.51. The van der Waals surface area contributed by atoms with Gasteiger partial charge >= 0.3 is 0 Å². The smallest absolute Gasteiger partial charge is 0.222 e. The molecule has 0 spiro atoms. The number of amides is 1. The number of ether oxygens (including phenoxy) is 1. The van der Waals surface area contributed by atoms with Crippen LogP contribution in [0.25, 0.3) is 0 Å². The highest BCUT2D eigenvalue weighted by atomic mass is 16.5. The number of carbonyl (C=O) groups is 1. The number of methoxy groups -OCH3 is 1. The third-order valence-corrected chi connectivity index (χ3v) is 5.24. The average Bonchev–Trinajstić information content (AvgIpc) is 2.68. The molecule has 1 aliphatic heterocycles. The lowest BCUT2D eigenvalue weighted by atomic mass is 9.90. The van der Waals surface area contributed by atoms with Gasteiger partial charge in [-0.1, -0.05) is 12.1 Å². The zero-order valence-electron chi connectivity index (χ0n) is 16.3. The average molecular weight is 367 g/mol. The van der Waals surface area contributed by atoms with E-state index in [4.69, 9.17) is 4.74 Å². The maximum atomic E-state index is 11.2. The first kappa shape index (κ1) is 19.4. The lowest BCUT2D eigenvalue weighted by molar-refractivity contribution is -0.114. The summed E-state index contributed by atoms with van der Waals surface area (Å²) in [5.74, 6) is 2.25. The molecule has 1 amide bonds. The molecule has 0 saturated carbocycles. The fraction of sp³-hybridized carbons (Fsp3) is 0.455. The fourth-order valence-electron chi connectivity index (χ4n) is 3.67. The predicted molar refractivity (Wildman–Crippen MR) is 108 cm³/mol. The van der Waals surface area contributed by atoms with Crippen molar-refractivity contribution >= 4 is 11.7 Å². The molecule has 0 aliphatic carbocycles. The quantitative estimate of drug-likeness (QED) is 0.807. The molecule has 0 bridgehead atoms. The van der Waals surface area contributed by atoms with Gasteiger partial charge in [-0.25, -0.2) is 4.98 Å². The Balaban J connectivity index is 1.42. The van der Waals surface area contributed by atoms with Gasteiger partial charge in [0, 0.05) is 19.7 Å². The van der Waals surface area contributed by atoms with Crippen molar-refractivity contribution in [2.45, 2.75) is 39.2 Å². The van der Waals surface area contributed by atoms with Gasteiger partial charge in [0.1, 0.15) is 11.6 Å². The van der Waals surface area contributed by atoms with Crippen LogP contribution < -0.4 is 10.1 Å². The summed E-state index contributed by atoms with van der Waals surface area (Å²) in [5, 5.41) is 2.75. The standard InChI is InChI=1S/C22H29N3O2/c1-17(26)24-22-15-19(9-12-23-22)4-3-18-10-13-25(14-11-18)16-20-5-7-21(27-2)8-6-20/h5-9,12,15,18H,3-4,10-11,13-14,16H2,1-2H3,(H,23,24,26). The molecule has 1 saturated heterocycles. The van der Waals surface area contributed by atoms with Crippen LogP contribution in [0, 0.1) is 5.92 Å². The molecule has 0 unspecified atom stereocenters. The molecule has 1 aromatic carbocycles. The predicted octanol–water partition coefficient (Wildman–Crippen LogP) is 3.89. The molecule has 144 valence electrons. The summed E-state index contributed by atoms with van der Waals surface area (Å²) in [6, 6.07) is 12.4. The van der Waals surface area contributed by atoms with Gasteiger partial charge in [0.25, 0.3) is 0 Å². The Morgan fingerprint density at radius 2 is 1.93 bits per heavy atom. The summed E-state index contributed by atoms with van der Waals surface area (Å²) < 4.78 is 5.22. The second-order valence-electron chi connectivity index (χ2n) is 7.34. The third-order valence-electron chi connectivity index (χ3n) is 5.24. The van der Waals surface area contributed by atoms with Gasteiger partial charge in [0.15, 0.2) is 0 Å². The van der Waals surface area contributed by atoms with Crippen LogP contribution in [0.3, 0.4) is 0 Å². The Bertz CT molecular complexity index is 737. The summed E-state index contributed by atoms with van der Waals surface area (Å²) in [6.45, 7) is 4.84. The Labute approximate surface area is 161 Å². The first-order valence-corrected chi connectivity index (χ1v) is 9.70. The van der Waals surface area contributed by atoms with Crippen LogP contribution in [0.1, 0.15) is 37.3 Å². The van der Waals surface area contributed by atoms with Crippen molar-refractivity contribution in [3.8, 4) is 5.75 Å². The molecule has 2 aromatic rings. The number of rotatable bonds is 7. The highest BCUT2D eigenvalue weighted by molar-refractivity contribution is 5.87. The normalized spacial score (nSPS) is 15.5. The van der Waals surface area contributed by atoms with E-state index in [1.807, 2.05) is 24.3 Å². The molecule has 3 rings (SSSR count). The number of hydrogen-bond donors (Lipinski definition) is 1. The Hall–Kier alpha value is -2.40. The van der Waals surface area contributed by atoms with Crippen LogP contribution in [0.5, 0.6) is 5.75 Å². The van der Waals surface area contributed by atoms with E-state index in [-0.39, 0.29) is 5.91 Å². The molecule has 0 atom stereocenters. The molecule has 2 heterocycles. The molecule has 5 nitrogen and oxygen atoms in total. The van der Waals surface area contributed by atoms with Crippen molar-refractivity contribution in [3.05, 3.63) is 53.7 Å². The van der Waals surface area contributed by atoms with Gasteiger partial charge in [0.05, 0.1) is 7.11 Å². The highest BCUT2D eigenvalue weighted by Gasteiger charge is 2.19. The number of nitrogens with zero attached hydrogens (tertiary/aromatic N) is 2. The molecule has 1 aliphatic rings. The van der Waals surface area contributed by atoms with E-state index >= 15 is 0 Å². The SMILES string of the molecule is COc1ccc(CN2CCC(CCc3ccnc(NC(C)=O)c3)CC2)cc1. The zero-order chi connectivity index (χ0) is 19.1. The van der Waals surface area contributed by atoms with E-state index in [0.29, 0.717) is 5.82 Å². The number of pyridine rings is 1. The molecule has 1 N–H and O–H groups in total. The minimum Gasteiger partial charge on any atom is -0.497 e. The Kier molecular flexibility index (Phi) is 6.82. The maximum absolute atomic E-state index is 11.2. The van der Waals surface area contributed by atoms with Crippen LogP contribution in [0.15, 0.2) is 42.6 Å². The van der Waals surface area contributed by atoms with E-state index in [0.717, 1.165) is 37.7 Å². The van der Waals surface area contributed by atoms with Gasteiger partial charge in [-0.15, -0.1) is 0 Å². The van der Waals surface area contributed by atoms with Gasteiger partial charge in [-0.2, -0.15) is 0 Å². The van der Waals surface area contributed by atoms with Crippen LogP contribution in [-0.2, 0) is 17.8 Å². The fourth-order valence-corrected chi connectivity index (χ4v) is 3.67. The Morgan fingerprint density at radius 1 is 1.19 bits per heavy atom. The minimum atomic E-state index is -0.0797. The summed E-state index contributed by atoms with van der Waals surface area (Å²) in [5.41, 5.74) is 2.59. The first-order valence-electron chi connectivity index (χ1n) is 9.70.